The van der Waals surface area contributed by atoms with Crippen molar-refractivity contribution in [1.82, 2.24) is 15.5 Å². The third-order valence-corrected chi connectivity index (χ3v) is 7.31. The molecule has 0 saturated carbocycles. The molecule has 1 aliphatic rings. The van der Waals surface area contributed by atoms with Crippen LogP contribution in [0.15, 0.2) is 59.0 Å². The number of rotatable bonds is 19. The molecule has 5 N–H and O–H groups in total. The summed E-state index contributed by atoms with van der Waals surface area (Å²) in [7, 11) is 6.77. The number of aliphatic hydroxyl groups is 1. The molecule has 2 amide bonds. The van der Waals surface area contributed by atoms with Gasteiger partial charge >= 0.3 is 6.09 Å². The SMILES string of the molecule is C=C(C)[C@H](OC(N)=O)[C@H](/C=C\C=C(/C)C(=O)NC1=CC(=O)C(NCCN(C)C)=C(C[C@@H](C)C[C@H](OC)[C@H](O)C(C)C)C1=O)OC. The molecule has 1 aliphatic carbocycles. The van der Waals surface area contributed by atoms with Crippen LogP contribution in [0.4, 0.5) is 4.79 Å². The van der Waals surface area contributed by atoms with Gasteiger partial charge in [0.15, 0.2) is 6.10 Å². The fourth-order valence-electron chi connectivity index (χ4n) is 4.69. The number of allylic oxidation sites excluding steroid dienone is 4. The molecule has 0 aliphatic heterocycles. The third kappa shape index (κ3) is 12.7. The number of Topliss-reactive ketones (excluding diaryl/α,β-unsaturated/α-hetero) is 1. The lowest BCUT2D eigenvalue weighted by atomic mass is 9.85. The Labute approximate surface area is 267 Å². The largest absolute Gasteiger partial charge is 0.439 e. The number of nitrogens with two attached hydrogens (primary N) is 1. The van der Waals surface area contributed by atoms with Gasteiger partial charge in [-0.1, -0.05) is 45.6 Å². The molecule has 0 unspecified atom stereocenters. The number of methoxy groups -OCH3 is 2. The second-order valence-corrected chi connectivity index (χ2v) is 12.0. The van der Waals surface area contributed by atoms with Crippen molar-refractivity contribution in [2.45, 2.75) is 71.9 Å². The summed E-state index contributed by atoms with van der Waals surface area (Å²) in [5.41, 5.74) is 6.25. The Morgan fingerprint density at radius 2 is 1.78 bits per heavy atom. The van der Waals surface area contributed by atoms with Gasteiger partial charge in [0, 0.05) is 44.5 Å². The van der Waals surface area contributed by atoms with Crippen LogP contribution in [0.25, 0.3) is 0 Å². The molecule has 0 aromatic carbocycles. The van der Waals surface area contributed by atoms with E-state index in [0.717, 1.165) is 6.08 Å². The van der Waals surface area contributed by atoms with Crippen LogP contribution in [0.2, 0.25) is 0 Å². The van der Waals surface area contributed by atoms with Crippen molar-refractivity contribution in [2.24, 2.45) is 17.6 Å². The molecular formula is C33H52N4O8. The summed E-state index contributed by atoms with van der Waals surface area (Å²) in [6.07, 6.45) is 2.80. The minimum absolute atomic E-state index is 0.0187. The molecule has 0 aromatic rings. The van der Waals surface area contributed by atoms with E-state index in [9.17, 15) is 24.3 Å². The van der Waals surface area contributed by atoms with Crippen molar-refractivity contribution in [3.63, 3.8) is 0 Å². The topological polar surface area (TPSA) is 170 Å². The van der Waals surface area contributed by atoms with Crippen LogP contribution in [-0.4, -0.2) is 99.4 Å². The number of primary amides is 1. The van der Waals surface area contributed by atoms with E-state index < -0.39 is 48.0 Å². The summed E-state index contributed by atoms with van der Waals surface area (Å²) in [6.45, 7) is 13.8. The third-order valence-electron chi connectivity index (χ3n) is 7.31. The zero-order valence-corrected chi connectivity index (χ0v) is 28.1. The highest BCUT2D eigenvalue weighted by Crippen LogP contribution is 2.27. The molecule has 12 nitrogen and oxygen atoms in total. The fraction of sp³-hybridized carbons (Fsp3) is 0.576. The van der Waals surface area contributed by atoms with Gasteiger partial charge in [0.1, 0.15) is 6.10 Å². The predicted octanol–water partition coefficient (Wildman–Crippen LogP) is 2.55. The van der Waals surface area contributed by atoms with E-state index in [0.29, 0.717) is 25.1 Å². The maximum Gasteiger partial charge on any atom is 0.405 e. The van der Waals surface area contributed by atoms with Crippen molar-refractivity contribution in [1.29, 1.82) is 0 Å². The number of aliphatic hydroxyl groups excluding tert-OH is 1. The van der Waals surface area contributed by atoms with E-state index in [1.165, 1.54) is 20.3 Å². The highest BCUT2D eigenvalue weighted by atomic mass is 16.6. The van der Waals surface area contributed by atoms with Crippen molar-refractivity contribution in [3.05, 3.63) is 59.0 Å². The van der Waals surface area contributed by atoms with Crippen LogP contribution >= 0.6 is 0 Å². The standard InChI is InChI=1S/C33H52N4O8/c1-19(2)29(39)27(44-10)17-21(5)16-23-28(35-14-15-37(7)8)25(38)18-24(30(23)40)36-32(41)22(6)12-11-13-26(43-9)31(20(3)4)45-33(34)42/h11-13,18-19,21,26-27,29,31,35,39H,3,14-17H2,1-2,4-10H3,(H2,34,42)(H,36,41)/b13-11-,22-12+/t21-,26+,27+,29-,31+/m1/s1. The number of nitrogens with zero attached hydrogens (tertiary/aromatic N) is 1. The van der Waals surface area contributed by atoms with Crippen LogP contribution in [0.5, 0.6) is 0 Å². The van der Waals surface area contributed by atoms with Gasteiger partial charge in [-0.05, 0) is 58.2 Å². The van der Waals surface area contributed by atoms with Crippen LogP contribution in [-0.2, 0) is 28.6 Å². The minimum Gasteiger partial charge on any atom is -0.439 e. The Balaban J connectivity index is 3.20. The number of hydrogen-bond acceptors (Lipinski definition) is 10. The first-order chi connectivity index (χ1) is 21.0. The first kappa shape index (κ1) is 39.4. The molecule has 45 heavy (non-hydrogen) atoms. The van der Waals surface area contributed by atoms with Crippen molar-refractivity contribution >= 4 is 23.6 Å². The maximum atomic E-state index is 13.7. The smallest absolute Gasteiger partial charge is 0.405 e. The van der Waals surface area contributed by atoms with Gasteiger partial charge in [0.25, 0.3) is 5.91 Å². The fourth-order valence-corrected chi connectivity index (χ4v) is 4.69. The van der Waals surface area contributed by atoms with Gasteiger partial charge in [-0.15, -0.1) is 0 Å². The number of nitrogens with one attached hydrogen (secondary N) is 2. The lowest BCUT2D eigenvalue weighted by Crippen LogP contribution is -2.38. The van der Waals surface area contributed by atoms with Crippen molar-refractivity contribution in [2.75, 3.05) is 41.4 Å². The number of likely N-dealkylation sites (N-methyl/N-ethyl adjacent to an activating group) is 1. The average Bonchev–Trinajstić information content (AvgIpc) is 2.95. The first-order valence-corrected chi connectivity index (χ1v) is 15.0. The van der Waals surface area contributed by atoms with E-state index in [2.05, 4.69) is 17.2 Å². The van der Waals surface area contributed by atoms with E-state index >= 15 is 0 Å². The van der Waals surface area contributed by atoms with E-state index in [1.807, 2.05) is 39.8 Å². The number of hydrogen-bond donors (Lipinski definition) is 4. The molecule has 0 fully saturated rings. The summed E-state index contributed by atoms with van der Waals surface area (Å²) in [5, 5.41) is 16.3. The Hall–Kier alpha value is -3.58. The Bertz CT molecular complexity index is 1200. The molecule has 0 bridgehead atoms. The van der Waals surface area contributed by atoms with Crippen LogP contribution in [0, 0.1) is 11.8 Å². The number of carbonyl (C=O) groups is 4. The summed E-state index contributed by atoms with van der Waals surface area (Å²) in [4.78, 5) is 53.2. The molecule has 12 heteroatoms. The summed E-state index contributed by atoms with van der Waals surface area (Å²) >= 11 is 0. The number of ketones is 2. The first-order valence-electron chi connectivity index (χ1n) is 15.0. The molecule has 1 rings (SSSR count). The highest BCUT2D eigenvalue weighted by molar-refractivity contribution is 6.23. The van der Waals surface area contributed by atoms with Gasteiger partial charge in [-0.2, -0.15) is 0 Å². The second kappa shape index (κ2) is 19.1. The Morgan fingerprint density at radius 3 is 2.29 bits per heavy atom. The van der Waals surface area contributed by atoms with Gasteiger partial charge in [0.2, 0.25) is 11.6 Å². The minimum atomic E-state index is -0.977. The van der Waals surface area contributed by atoms with Crippen molar-refractivity contribution in [3.8, 4) is 0 Å². The molecule has 0 aromatic heterocycles. The van der Waals surface area contributed by atoms with Gasteiger partial charge in [-0.3, -0.25) is 14.4 Å². The van der Waals surface area contributed by atoms with Crippen LogP contribution in [0.3, 0.4) is 0 Å². The molecule has 252 valence electrons. The number of carbonyl (C=O) groups excluding carboxylic acids is 4. The zero-order chi connectivity index (χ0) is 34.4. The van der Waals surface area contributed by atoms with Crippen LogP contribution < -0.4 is 16.4 Å². The van der Waals surface area contributed by atoms with E-state index in [-0.39, 0.29) is 40.8 Å². The number of ether oxygens (including phenoxy) is 3. The lowest BCUT2D eigenvalue weighted by Gasteiger charge is -2.28. The quantitative estimate of drug-likeness (QED) is 0.0719. The van der Waals surface area contributed by atoms with E-state index in [1.54, 1.807) is 26.0 Å². The lowest BCUT2D eigenvalue weighted by molar-refractivity contribution is -0.120. The molecule has 0 spiro atoms. The molecule has 0 radical (unpaired) electrons. The second-order valence-electron chi connectivity index (χ2n) is 12.0. The van der Waals surface area contributed by atoms with Gasteiger partial charge in [0.05, 0.1) is 23.6 Å². The van der Waals surface area contributed by atoms with Gasteiger partial charge < -0.3 is 40.6 Å². The average molecular weight is 633 g/mol. The molecule has 0 saturated heterocycles. The molecule has 0 heterocycles. The van der Waals surface area contributed by atoms with E-state index in [4.69, 9.17) is 19.9 Å². The number of amides is 2. The Kier molecular flexibility index (Phi) is 16.7. The maximum absolute atomic E-state index is 13.7. The molecular weight excluding hydrogens is 580 g/mol. The molecule has 5 atom stereocenters. The zero-order valence-electron chi connectivity index (χ0n) is 28.1. The highest BCUT2D eigenvalue weighted by Gasteiger charge is 2.32. The monoisotopic (exact) mass is 632 g/mol. The van der Waals surface area contributed by atoms with Crippen molar-refractivity contribution < 1.29 is 38.5 Å². The summed E-state index contributed by atoms with van der Waals surface area (Å²) < 4.78 is 16.0. The van der Waals surface area contributed by atoms with Crippen LogP contribution in [0.1, 0.15) is 47.5 Å². The summed E-state index contributed by atoms with van der Waals surface area (Å²) in [6, 6.07) is 0. The predicted molar refractivity (Wildman–Crippen MR) is 173 cm³/mol. The van der Waals surface area contributed by atoms with Gasteiger partial charge in [-0.25, -0.2) is 4.79 Å². The summed E-state index contributed by atoms with van der Waals surface area (Å²) in [5.74, 6) is -1.60. The normalized spacial score (nSPS) is 17.7. The Morgan fingerprint density at radius 1 is 1.13 bits per heavy atom.